The van der Waals surface area contributed by atoms with E-state index in [0.717, 1.165) is 0 Å². The van der Waals surface area contributed by atoms with E-state index in [4.69, 9.17) is 22.5 Å². The van der Waals surface area contributed by atoms with E-state index in [1.54, 1.807) is 0 Å². The molecule has 0 amide bonds. The highest BCUT2D eigenvalue weighted by Crippen LogP contribution is 2.38. The fraction of sp³-hybridized carbons (Fsp3) is 0.417. The summed E-state index contributed by atoms with van der Waals surface area (Å²) in [7, 11) is 0. The molecule has 0 aliphatic heterocycles. The molecule has 2 rings (SSSR count). The van der Waals surface area contributed by atoms with E-state index >= 15 is 0 Å². The van der Waals surface area contributed by atoms with Gasteiger partial charge < -0.3 is 15.8 Å². The zero-order valence-electron chi connectivity index (χ0n) is 10.4. The van der Waals surface area contributed by atoms with Crippen LogP contribution in [0.3, 0.4) is 0 Å². The summed E-state index contributed by atoms with van der Waals surface area (Å²) in [6.45, 7) is -1.04. The number of anilines is 1. The third-order valence-electron chi connectivity index (χ3n) is 3.00. The SMILES string of the molecule is NC(=NO)c1ccc(N(CC(F)(F)F)C2CC2)c(Cl)c1. The number of nitrogens with two attached hydrogens (primary N) is 1. The van der Waals surface area contributed by atoms with Crippen LogP contribution in [0, 0.1) is 0 Å². The second kappa shape index (κ2) is 5.40. The quantitative estimate of drug-likeness (QED) is 0.389. The molecule has 1 aliphatic carbocycles. The molecule has 0 bridgehead atoms. The van der Waals surface area contributed by atoms with Gasteiger partial charge >= 0.3 is 6.18 Å². The lowest BCUT2D eigenvalue weighted by molar-refractivity contribution is -0.120. The maximum absolute atomic E-state index is 12.6. The number of nitrogens with zero attached hydrogens (tertiary/aromatic N) is 2. The Bertz CT molecular complexity index is 529. The average Bonchev–Trinajstić information content (AvgIpc) is 3.18. The molecule has 0 unspecified atom stereocenters. The minimum Gasteiger partial charge on any atom is -0.409 e. The van der Waals surface area contributed by atoms with Gasteiger partial charge in [-0.1, -0.05) is 16.8 Å². The molecule has 0 heterocycles. The standard InChI is InChI=1S/C12H13ClF3N3O/c13-9-5-7(11(17)18-20)1-4-10(9)19(8-2-3-8)6-12(14,15)16/h1,4-5,8,20H,2-3,6H2,(H2,17,18). The first-order valence-electron chi connectivity index (χ1n) is 5.92. The zero-order chi connectivity index (χ0) is 14.9. The highest BCUT2D eigenvalue weighted by molar-refractivity contribution is 6.33. The van der Waals surface area contributed by atoms with Gasteiger partial charge in [0.1, 0.15) is 6.54 Å². The predicted molar refractivity (Wildman–Crippen MR) is 70.4 cm³/mol. The van der Waals surface area contributed by atoms with Gasteiger partial charge in [-0.3, -0.25) is 0 Å². The van der Waals surface area contributed by atoms with Crippen molar-refractivity contribution >= 4 is 23.1 Å². The smallest absolute Gasteiger partial charge is 0.405 e. The van der Waals surface area contributed by atoms with E-state index in [9.17, 15) is 13.2 Å². The van der Waals surface area contributed by atoms with Crippen molar-refractivity contribution in [3.63, 3.8) is 0 Å². The molecule has 0 spiro atoms. The molecule has 1 aliphatic rings. The molecule has 1 saturated carbocycles. The molecule has 1 aromatic carbocycles. The molecule has 3 N–H and O–H groups in total. The Morgan fingerprint density at radius 3 is 2.55 bits per heavy atom. The Kier molecular flexibility index (Phi) is 3.99. The van der Waals surface area contributed by atoms with Crippen molar-refractivity contribution in [2.45, 2.75) is 25.1 Å². The fourth-order valence-corrected chi connectivity index (χ4v) is 2.24. The topological polar surface area (TPSA) is 61.9 Å². The molecule has 0 radical (unpaired) electrons. The van der Waals surface area contributed by atoms with Crippen LogP contribution in [0.4, 0.5) is 18.9 Å². The summed E-state index contributed by atoms with van der Waals surface area (Å²) in [5, 5.41) is 11.5. The molecule has 4 nitrogen and oxygen atoms in total. The fourth-order valence-electron chi connectivity index (χ4n) is 1.95. The van der Waals surface area contributed by atoms with Crippen molar-refractivity contribution in [1.82, 2.24) is 0 Å². The molecule has 8 heteroatoms. The normalized spacial score (nSPS) is 16.3. The van der Waals surface area contributed by atoms with Crippen molar-refractivity contribution in [1.29, 1.82) is 0 Å². The van der Waals surface area contributed by atoms with Crippen LogP contribution in [0.1, 0.15) is 18.4 Å². The third-order valence-corrected chi connectivity index (χ3v) is 3.30. The molecule has 0 saturated heterocycles. The van der Waals surface area contributed by atoms with Gasteiger partial charge in [0, 0.05) is 11.6 Å². The second-order valence-electron chi connectivity index (χ2n) is 4.63. The van der Waals surface area contributed by atoms with Crippen molar-refractivity contribution in [2.75, 3.05) is 11.4 Å². The summed E-state index contributed by atoms with van der Waals surface area (Å²) >= 11 is 6.02. The van der Waals surface area contributed by atoms with Gasteiger partial charge in [0.15, 0.2) is 5.84 Å². The van der Waals surface area contributed by atoms with E-state index < -0.39 is 12.7 Å². The third kappa shape index (κ3) is 3.47. The number of hydrogen-bond acceptors (Lipinski definition) is 3. The zero-order valence-corrected chi connectivity index (χ0v) is 11.1. The van der Waals surface area contributed by atoms with E-state index in [2.05, 4.69) is 5.16 Å². The second-order valence-corrected chi connectivity index (χ2v) is 5.03. The molecule has 0 aromatic heterocycles. The molecular formula is C12H13ClF3N3O. The van der Waals surface area contributed by atoms with Crippen molar-refractivity contribution in [2.24, 2.45) is 10.9 Å². The van der Waals surface area contributed by atoms with E-state index in [0.29, 0.717) is 24.1 Å². The van der Waals surface area contributed by atoms with Crippen LogP contribution in [0.15, 0.2) is 23.4 Å². The number of benzene rings is 1. The highest BCUT2D eigenvalue weighted by Gasteiger charge is 2.38. The molecule has 1 fully saturated rings. The van der Waals surface area contributed by atoms with E-state index in [-0.39, 0.29) is 16.9 Å². The number of hydrogen-bond donors (Lipinski definition) is 2. The van der Waals surface area contributed by atoms with Crippen LogP contribution >= 0.6 is 11.6 Å². The van der Waals surface area contributed by atoms with Crippen molar-refractivity contribution < 1.29 is 18.4 Å². The Hall–Kier alpha value is -1.63. The molecule has 20 heavy (non-hydrogen) atoms. The lowest BCUT2D eigenvalue weighted by atomic mass is 10.1. The van der Waals surface area contributed by atoms with Crippen molar-refractivity contribution in [3.05, 3.63) is 28.8 Å². The molecule has 1 aromatic rings. The van der Waals surface area contributed by atoms with Crippen LogP contribution in [0.5, 0.6) is 0 Å². The summed E-state index contributed by atoms with van der Waals surface area (Å²) in [4.78, 5) is 1.25. The predicted octanol–water partition coefficient (Wildman–Crippen LogP) is 2.97. The monoisotopic (exact) mass is 307 g/mol. The largest absolute Gasteiger partial charge is 0.409 e. The maximum Gasteiger partial charge on any atom is 0.405 e. The first kappa shape index (κ1) is 14.8. The van der Waals surface area contributed by atoms with Gasteiger partial charge in [0.2, 0.25) is 0 Å². The molecule has 110 valence electrons. The lowest BCUT2D eigenvalue weighted by Crippen LogP contribution is -2.36. The summed E-state index contributed by atoms with van der Waals surface area (Å²) in [6, 6.07) is 4.18. The minimum absolute atomic E-state index is 0.135. The molecular weight excluding hydrogens is 295 g/mol. The Morgan fingerprint density at radius 2 is 2.10 bits per heavy atom. The van der Waals surface area contributed by atoms with Gasteiger partial charge in [-0.25, -0.2) is 0 Å². The Labute approximate surface area is 118 Å². The van der Waals surface area contributed by atoms with Gasteiger partial charge in [0.25, 0.3) is 0 Å². The van der Waals surface area contributed by atoms with E-state index in [1.165, 1.54) is 23.1 Å². The highest BCUT2D eigenvalue weighted by atomic mass is 35.5. The van der Waals surface area contributed by atoms with Crippen LogP contribution in [0.2, 0.25) is 5.02 Å². The van der Waals surface area contributed by atoms with Gasteiger partial charge in [-0.15, -0.1) is 0 Å². The van der Waals surface area contributed by atoms with E-state index in [1.807, 2.05) is 0 Å². The van der Waals surface area contributed by atoms with Crippen LogP contribution in [-0.2, 0) is 0 Å². The lowest BCUT2D eigenvalue weighted by Gasteiger charge is -2.27. The first-order chi connectivity index (χ1) is 9.31. The summed E-state index contributed by atoms with van der Waals surface area (Å²) in [6.07, 6.45) is -2.86. The number of amidine groups is 1. The number of halogens is 4. The first-order valence-corrected chi connectivity index (χ1v) is 6.30. The van der Waals surface area contributed by atoms with Crippen LogP contribution in [0.25, 0.3) is 0 Å². The number of alkyl halides is 3. The number of rotatable bonds is 4. The summed E-state index contributed by atoms with van der Waals surface area (Å²) in [5.74, 6) is -0.146. The van der Waals surface area contributed by atoms with Crippen molar-refractivity contribution in [3.8, 4) is 0 Å². The van der Waals surface area contributed by atoms with Gasteiger partial charge in [0.05, 0.1) is 10.7 Å². The van der Waals surface area contributed by atoms with Crippen LogP contribution in [-0.4, -0.2) is 29.8 Å². The Balaban J connectivity index is 2.30. The maximum atomic E-state index is 12.6. The molecule has 0 atom stereocenters. The van der Waals surface area contributed by atoms with Crippen LogP contribution < -0.4 is 10.6 Å². The summed E-state index contributed by atoms with van der Waals surface area (Å²) < 4.78 is 37.8. The Morgan fingerprint density at radius 1 is 1.45 bits per heavy atom. The van der Waals surface area contributed by atoms with Gasteiger partial charge in [-0.05, 0) is 31.0 Å². The summed E-state index contributed by atoms with van der Waals surface area (Å²) in [5.41, 5.74) is 6.07. The van der Waals surface area contributed by atoms with Gasteiger partial charge in [-0.2, -0.15) is 13.2 Å². The average molecular weight is 308 g/mol. The number of oxime groups is 1. The minimum atomic E-state index is -4.30.